The van der Waals surface area contributed by atoms with E-state index in [1.165, 1.54) is 17.8 Å². The molecule has 11 heteroatoms. The highest BCUT2D eigenvalue weighted by Gasteiger charge is 2.35. The molecule has 0 radical (unpaired) electrons. The maximum Gasteiger partial charge on any atom is 0.338 e. The van der Waals surface area contributed by atoms with Crippen molar-refractivity contribution in [3.8, 4) is 5.75 Å². The summed E-state index contributed by atoms with van der Waals surface area (Å²) in [5.41, 5.74) is 2.40. The van der Waals surface area contributed by atoms with Crippen LogP contribution in [0, 0.1) is 5.82 Å². The van der Waals surface area contributed by atoms with Gasteiger partial charge in [-0.1, -0.05) is 55.4 Å². The Morgan fingerprint density at radius 1 is 1.10 bits per heavy atom. The molecule has 1 N–H and O–H groups in total. The number of unbranched alkanes of at least 4 members (excludes halogenated alkanes) is 1. The van der Waals surface area contributed by atoms with E-state index in [1.54, 1.807) is 35.0 Å². The number of nitrogens with zero attached hydrogens (tertiary/aromatic N) is 4. The Hall–Kier alpha value is -3.86. The Labute approximate surface area is 249 Å². The minimum atomic E-state index is -0.602. The molecule has 1 aromatic heterocycles. The number of rotatable bonds is 11. The van der Waals surface area contributed by atoms with Gasteiger partial charge in [-0.3, -0.25) is 4.79 Å². The van der Waals surface area contributed by atoms with Crippen LogP contribution in [0.3, 0.4) is 0 Å². The number of likely N-dealkylation sites (tertiary alicyclic amines) is 1. The standard InChI is InChI=1S/C31H36FN5O4S/c1-3-4-18-40-29(39)27-21(2)33-30-34-31(42-20-23-10-6-7-11-25(23)32)35-37(30)28(27)22-12-14-24(15-13-22)41-19-26(38)36-16-8-5-9-17-36/h6-7,10-15,28H,3-5,8-9,16-20H2,1-2H3,(H,33,34,35). The molecule has 9 nitrogen and oxygen atoms in total. The molecule has 0 saturated carbocycles. The first kappa shape index (κ1) is 29.6. The fourth-order valence-electron chi connectivity index (χ4n) is 5.04. The fourth-order valence-corrected chi connectivity index (χ4v) is 5.85. The van der Waals surface area contributed by atoms with Gasteiger partial charge in [-0.05, 0) is 61.9 Å². The number of fused-ring (bicyclic) bond motifs is 1. The zero-order valence-electron chi connectivity index (χ0n) is 24.0. The number of ether oxygens (including phenoxy) is 2. The van der Waals surface area contributed by atoms with E-state index in [-0.39, 0.29) is 18.3 Å². The number of hydrogen-bond acceptors (Lipinski definition) is 8. The van der Waals surface area contributed by atoms with Crippen molar-refractivity contribution in [3.05, 3.63) is 76.7 Å². The quantitative estimate of drug-likeness (QED) is 0.171. The van der Waals surface area contributed by atoms with Gasteiger partial charge in [0, 0.05) is 24.5 Å². The summed E-state index contributed by atoms with van der Waals surface area (Å²) in [5, 5.41) is 8.36. The number of nitrogens with one attached hydrogen (secondary N) is 1. The van der Waals surface area contributed by atoms with E-state index < -0.39 is 12.0 Å². The molecule has 222 valence electrons. The van der Waals surface area contributed by atoms with Crippen molar-refractivity contribution in [2.75, 3.05) is 31.6 Å². The van der Waals surface area contributed by atoms with E-state index in [2.05, 4.69) is 10.3 Å². The van der Waals surface area contributed by atoms with Gasteiger partial charge in [0.15, 0.2) is 6.61 Å². The third-order valence-corrected chi connectivity index (χ3v) is 8.25. The van der Waals surface area contributed by atoms with Gasteiger partial charge in [0.25, 0.3) is 5.91 Å². The number of amides is 1. The molecule has 1 fully saturated rings. The summed E-state index contributed by atoms with van der Waals surface area (Å²) in [6, 6.07) is 13.3. The van der Waals surface area contributed by atoms with Gasteiger partial charge in [0.1, 0.15) is 17.6 Å². The van der Waals surface area contributed by atoms with E-state index in [1.807, 2.05) is 30.9 Å². The molecule has 1 unspecified atom stereocenters. The van der Waals surface area contributed by atoms with Crippen LogP contribution in [0.1, 0.15) is 63.1 Å². The van der Waals surface area contributed by atoms with Gasteiger partial charge in [-0.15, -0.1) is 5.10 Å². The molecule has 3 heterocycles. The molecule has 42 heavy (non-hydrogen) atoms. The van der Waals surface area contributed by atoms with Crippen molar-refractivity contribution in [1.82, 2.24) is 19.7 Å². The van der Waals surface area contributed by atoms with Crippen LogP contribution in [0.25, 0.3) is 0 Å². The van der Waals surface area contributed by atoms with Crippen molar-refractivity contribution < 1.29 is 23.5 Å². The highest BCUT2D eigenvalue weighted by atomic mass is 32.2. The highest BCUT2D eigenvalue weighted by molar-refractivity contribution is 7.98. The fraction of sp³-hybridized carbons (Fsp3) is 0.419. The summed E-state index contributed by atoms with van der Waals surface area (Å²) in [6.45, 7) is 5.72. The lowest BCUT2D eigenvalue weighted by Crippen LogP contribution is -2.38. The molecule has 0 aliphatic carbocycles. The minimum Gasteiger partial charge on any atom is -0.484 e. The van der Waals surface area contributed by atoms with Crippen LogP contribution in [0.5, 0.6) is 5.75 Å². The van der Waals surface area contributed by atoms with Crippen molar-refractivity contribution in [1.29, 1.82) is 0 Å². The molecule has 2 aromatic carbocycles. The predicted molar refractivity (Wildman–Crippen MR) is 159 cm³/mol. The first-order valence-corrected chi connectivity index (χ1v) is 15.4. The number of carbonyl (C=O) groups excluding carboxylic acids is 2. The van der Waals surface area contributed by atoms with Crippen LogP contribution in [0.4, 0.5) is 10.3 Å². The van der Waals surface area contributed by atoms with Gasteiger partial charge in [-0.25, -0.2) is 13.9 Å². The topological polar surface area (TPSA) is 98.6 Å². The van der Waals surface area contributed by atoms with E-state index in [4.69, 9.17) is 14.6 Å². The number of piperidine rings is 1. The molecule has 1 atom stereocenters. The van der Waals surface area contributed by atoms with Gasteiger partial charge < -0.3 is 19.7 Å². The summed E-state index contributed by atoms with van der Waals surface area (Å²) in [7, 11) is 0. The first-order chi connectivity index (χ1) is 20.4. The van der Waals surface area contributed by atoms with Crippen LogP contribution in [-0.2, 0) is 20.1 Å². The lowest BCUT2D eigenvalue weighted by molar-refractivity contribution is -0.139. The van der Waals surface area contributed by atoms with E-state index in [0.717, 1.165) is 50.8 Å². The number of halogens is 1. The third-order valence-electron chi connectivity index (χ3n) is 7.37. The maximum absolute atomic E-state index is 14.2. The molecular weight excluding hydrogens is 557 g/mol. The van der Waals surface area contributed by atoms with E-state index >= 15 is 0 Å². The van der Waals surface area contributed by atoms with E-state index in [9.17, 15) is 14.0 Å². The van der Waals surface area contributed by atoms with Crippen molar-refractivity contribution in [3.63, 3.8) is 0 Å². The molecule has 5 rings (SSSR count). The number of benzene rings is 2. The van der Waals surface area contributed by atoms with Crippen molar-refractivity contribution in [2.45, 2.75) is 62.9 Å². The van der Waals surface area contributed by atoms with Crippen LogP contribution in [-0.4, -0.2) is 57.8 Å². The molecule has 3 aromatic rings. The largest absolute Gasteiger partial charge is 0.484 e. The van der Waals surface area contributed by atoms with Crippen LogP contribution in [0.2, 0.25) is 0 Å². The molecule has 2 aliphatic heterocycles. The Balaban J connectivity index is 1.37. The Bertz CT molecular complexity index is 1440. The number of allylic oxidation sites excluding steroid dienone is 1. The van der Waals surface area contributed by atoms with Gasteiger partial charge in [0.2, 0.25) is 11.1 Å². The number of thioether (sulfide) groups is 1. The van der Waals surface area contributed by atoms with Crippen LogP contribution in [0.15, 0.2) is 65.0 Å². The maximum atomic E-state index is 14.2. The van der Waals surface area contributed by atoms with Gasteiger partial charge in [0.05, 0.1) is 12.2 Å². The summed E-state index contributed by atoms with van der Waals surface area (Å²) >= 11 is 1.32. The number of anilines is 1. The lowest BCUT2D eigenvalue weighted by Gasteiger charge is -2.28. The molecular formula is C31H36FN5O4S. The third kappa shape index (κ3) is 6.95. The highest BCUT2D eigenvalue weighted by Crippen LogP contribution is 2.37. The number of carbonyl (C=O) groups is 2. The smallest absolute Gasteiger partial charge is 0.338 e. The molecule has 0 bridgehead atoms. The Morgan fingerprint density at radius 3 is 2.60 bits per heavy atom. The molecule has 2 aliphatic rings. The number of esters is 1. The normalized spacial score (nSPS) is 16.5. The van der Waals surface area contributed by atoms with Crippen molar-refractivity contribution in [2.24, 2.45) is 0 Å². The summed E-state index contributed by atoms with van der Waals surface area (Å²) in [6.07, 6.45) is 4.89. The van der Waals surface area contributed by atoms with Crippen molar-refractivity contribution >= 4 is 29.6 Å². The lowest BCUT2D eigenvalue weighted by atomic mass is 9.96. The average Bonchev–Trinajstić information content (AvgIpc) is 3.42. The zero-order valence-corrected chi connectivity index (χ0v) is 24.8. The second-order valence-electron chi connectivity index (χ2n) is 10.4. The Kier molecular flexibility index (Phi) is 9.78. The second-order valence-corrected chi connectivity index (χ2v) is 11.3. The van der Waals surface area contributed by atoms with Crippen LogP contribution >= 0.6 is 11.8 Å². The van der Waals surface area contributed by atoms with Crippen LogP contribution < -0.4 is 10.1 Å². The monoisotopic (exact) mass is 593 g/mol. The number of hydrogen-bond donors (Lipinski definition) is 1. The summed E-state index contributed by atoms with van der Waals surface area (Å²) in [5.74, 6) is 0.686. The Morgan fingerprint density at radius 2 is 1.86 bits per heavy atom. The molecule has 1 saturated heterocycles. The summed E-state index contributed by atoms with van der Waals surface area (Å²) < 4.78 is 27.3. The van der Waals surface area contributed by atoms with Gasteiger partial charge >= 0.3 is 5.97 Å². The average molecular weight is 594 g/mol. The zero-order chi connectivity index (χ0) is 29.5. The van der Waals surface area contributed by atoms with E-state index in [0.29, 0.717) is 46.0 Å². The SMILES string of the molecule is CCCCOC(=O)C1=C(C)Nc2nc(SCc3ccccc3F)nn2C1c1ccc(OCC(=O)N2CCCCC2)cc1. The minimum absolute atomic E-state index is 0.0135. The van der Waals surface area contributed by atoms with Gasteiger partial charge in [-0.2, -0.15) is 4.98 Å². The second kappa shape index (κ2) is 13.9. The molecule has 1 amide bonds. The number of aromatic nitrogens is 3. The molecule has 0 spiro atoms. The summed E-state index contributed by atoms with van der Waals surface area (Å²) in [4.78, 5) is 32.4. The first-order valence-electron chi connectivity index (χ1n) is 14.4. The predicted octanol–water partition coefficient (Wildman–Crippen LogP) is 5.73.